The van der Waals surface area contributed by atoms with Gasteiger partial charge in [-0.15, -0.1) is 6.58 Å². The second kappa shape index (κ2) is 11.8. The van der Waals surface area contributed by atoms with Crippen molar-refractivity contribution in [3.05, 3.63) is 36.0 Å². The summed E-state index contributed by atoms with van der Waals surface area (Å²) in [5.74, 6) is -1.03. The van der Waals surface area contributed by atoms with Gasteiger partial charge in [-0.1, -0.05) is 43.2 Å². The molecule has 3 fully saturated rings. The summed E-state index contributed by atoms with van der Waals surface area (Å²) in [6.07, 6.45) is 16.6. The number of rotatable bonds is 10. The lowest BCUT2D eigenvalue weighted by Gasteiger charge is -2.45. The van der Waals surface area contributed by atoms with Gasteiger partial charge in [0.1, 0.15) is 0 Å². The molecular formula is C30H49F2NO. The van der Waals surface area contributed by atoms with E-state index >= 15 is 0 Å². The minimum Gasteiger partial charge on any atom is -0.393 e. The molecule has 5 unspecified atom stereocenters. The summed E-state index contributed by atoms with van der Waals surface area (Å²) in [6.45, 7) is 14.4. The Bertz CT molecular complexity index is 729. The molecule has 0 spiro atoms. The Kier molecular flexibility index (Phi) is 9.59. The van der Waals surface area contributed by atoms with E-state index in [0.29, 0.717) is 36.0 Å². The fraction of sp³-hybridized carbons (Fsp3) is 0.800. The molecule has 1 saturated heterocycles. The molecule has 1 N–H and O–H groups in total. The van der Waals surface area contributed by atoms with Crippen molar-refractivity contribution in [3.8, 4) is 0 Å². The van der Waals surface area contributed by atoms with Gasteiger partial charge in [-0.3, -0.25) is 0 Å². The van der Waals surface area contributed by atoms with Crippen molar-refractivity contribution in [3.63, 3.8) is 0 Å². The van der Waals surface area contributed by atoms with Crippen molar-refractivity contribution in [1.29, 1.82) is 0 Å². The molecule has 0 amide bonds. The Balaban J connectivity index is 1.64. The van der Waals surface area contributed by atoms with Gasteiger partial charge >= 0.3 is 0 Å². The Morgan fingerprint density at radius 1 is 1.24 bits per heavy atom. The highest BCUT2D eigenvalue weighted by molar-refractivity contribution is 5.25. The summed E-state index contributed by atoms with van der Waals surface area (Å²) in [4.78, 5) is 2.45. The van der Waals surface area contributed by atoms with Crippen LogP contribution in [-0.2, 0) is 0 Å². The third kappa shape index (κ3) is 6.81. The number of alkyl halides is 2. The highest BCUT2D eigenvalue weighted by atomic mass is 19.3. The van der Waals surface area contributed by atoms with Crippen molar-refractivity contribution < 1.29 is 13.9 Å². The summed E-state index contributed by atoms with van der Waals surface area (Å²) >= 11 is 0. The molecule has 2 saturated carbocycles. The first-order valence-corrected chi connectivity index (χ1v) is 13.8. The molecule has 1 aliphatic heterocycles. The predicted octanol–water partition coefficient (Wildman–Crippen LogP) is 7.80. The molecule has 2 nitrogen and oxygen atoms in total. The van der Waals surface area contributed by atoms with E-state index in [9.17, 15) is 13.9 Å². The summed E-state index contributed by atoms with van der Waals surface area (Å²) in [7, 11) is 0. The Morgan fingerprint density at radius 2 is 1.94 bits per heavy atom. The molecule has 2 aliphatic carbocycles. The summed E-state index contributed by atoms with van der Waals surface area (Å²) in [5.41, 5.74) is 3.27. The van der Waals surface area contributed by atoms with Gasteiger partial charge in [0.2, 0.25) is 5.92 Å². The minimum absolute atomic E-state index is 0.309. The third-order valence-electron chi connectivity index (χ3n) is 9.34. The Morgan fingerprint density at radius 3 is 2.56 bits per heavy atom. The molecule has 34 heavy (non-hydrogen) atoms. The van der Waals surface area contributed by atoms with Crippen LogP contribution in [0.4, 0.5) is 8.78 Å². The molecule has 0 aromatic carbocycles. The van der Waals surface area contributed by atoms with Crippen molar-refractivity contribution in [2.24, 2.45) is 29.1 Å². The number of fused-ring (bicyclic) bond motifs is 1. The molecule has 194 valence electrons. The zero-order valence-electron chi connectivity index (χ0n) is 22.2. The maximum Gasteiger partial charge on any atom is 0.248 e. The van der Waals surface area contributed by atoms with Crippen LogP contribution in [0.5, 0.6) is 0 Å². The number of hydrogen-bond acceptors (Lipinski definition) is 2. The molecule has 1 heterocycles. The minimum atomic E-state index is -2.54. The molecule has 0 aromatic heterocycles. The summed E-state index contributed by atoms with van der Waals surface area (Å²) < 4.78 is 27.4. The standard InChI is InChI=1S/C30H49F2NO/c1-6-7-9-24(20-23(3)34)11-12-25-10-8-17-29(4)27(13-14-28(25)29)22(2)21-33-18-15-26(16-19-33)30(5,31)32/h6,11-12,22-23,26-28,34H,1,7-10,13-21H2,2-5H3/b24-11-,25-12+. The highest BCUT2D eigenvalue weighted by Gasteiger charge is 2.51. The van der Waals surface area contributed by atoms with Crippen LogP contribution < -0.4 is 0 Å². The number of hydrogen-bond donors (Lipinski definition) is 1. The van der Waals surface area contributed by atoms with E-state index in [0.717, 1.165) is 45.8 Å². The van der Waals surface area contributed by atoms with Crippen LogP contribution in [0.3, 0.4) is 0 Å². The van der Waals surface area contributed by atoms with Crippen LogP contribution in [0.25, 0.3) is 0 Å². The average molecular weight is 478 g/mol. The zero-order valence-corrected chi connectivity index (χ0v) is 22.2. The Labute approximate surface area is 207 Å². The fourth-order valence-electron chi connectivity index (χ4n) is 7.52. The van der Waals surface area contributed by atoms with E-state index in [-0.39, 0.29) is 6.10 Å². The van der Waals surface area contributed by atoms with E-state index in [1.807, 2.05) is 13.0 Å². The normalized spacial score (nSPS) is 32.6. The summed E-state index contributed by atoms with van der Waals surface area (Å²) in [6, 6.07) is 0. The molecule has 0 radical (unpaired) electrons. The maximum atomic E-state index is 13.7. The fourth-order valence-corrected chi connectivity index (χ4v) is 7.52. The van der Waals surface area contributed by atoms with Gasteiger partial charge in [-0.25, -0.2) is 8.78 Å². The first-order chi connectivity index (χ1) is 16.0. The number of likely N-dealkylation sites (tertiary alicyclic amines) is 1. The first-order valence-electron chi connectivity index (χ1n) is 13.8. The quantitative estimate of drug-likeness (QED) is 0.325. The van der Waals surface area contributed by atoms with Crippen LogP contribution in [0.15, 0.2) is 36.0 Å². The van der Waals surface area contributed by atoms with E-state index in [1.165, 1.54) is 37.7 Å². The van der Waals surface area contributed by atoms with Gasteiger partial charge in [0, 0.05) is 12.5 Å². The average Bonchev–Trinajstić information content (AvgIpc) is 3.12. The number of aliphatic hydroxyl groups is 1. The number of aliphatic hydroxyl groups excluding tert-OH is 1. The number of piperidine rings is 1. The van der Waals surface area contributed by atoms with Gasteiger partial charge < -0.3 is 10.0 Å². The number of halogens is 2. The second-order valence-corrected chi connectivity index (χ2v) is 12.1. The van der Waals surface area contributed by atoms with E-state index in [4.69, 9.17) is 0 Å². The molecule has 0 aromatic rings. The SMILES string of the molecule is C=CCC/C(=C/C=C1\CCCC2(C)C1CCC2C(C)CN1CCC(C(C)(F)F)CC1)CC(C)O. The van der Waals surface area contributed by atoms with Crippen LogP contribution in [0.1, 0.15) is 91.9 Å². The smallest absolute Gasteiger partial charge is 0.248 e. The van der Waals surface area contributed by atoms with Crippen molar-refractivity contribution in [2.45, 2.75) is 104 Å². The van der Waals surface area contributed by atoms with Crippen molar-refractivity contribution >= 4 is 0 Å². The van der Waals surface area contributed by atoms with Gasteiger partial charge in [0.05, 0.1) is 6.10 Å². The Hall–Kier alpha value is -1.00. The molecule has 3 rings (SSSR count). The van der Waals surface area contributed by atoms with Gasteiger partial charge in [-0.2, -0.15) is 0 Å². The van der Waals surface area contributed by atoms with E-state index in [2.05, 4.69) is 37.5 Å². The van der Waals surface area contributed by atoms with Crippen LogP contribution >= 0.6 is 0 Å². The lowest BCUT2D eigenvalue weighted by molar-refractivity contribution is -0.0641. The largest absolute Gasteiger partial charge is 0.393 e. The van der Waals surface area contributed by atoms with Crippen LogP contribution in [0, 0.1) is 29.1 Å². The monoisotopic (exact) mass is 477 g/mol. The van der Waals surface area contributed by atoms with Crippen LogP contribution in [0.2, 0.25) is 0 Å². The predicted molar refractivity (Wildman–Crippen MR) is 139 cm³/mol. The molecule has 3 aliphatic rings. The van der Waals surface area contributed by atoms with Gasteiger partial charge in [0.25, 0.3) is 0 Å². The van der Waals surface area contributed by atoms with Crippen LogP contribution in [-0.4, -0.2) is 41.7 Å². The number of nitrogens with zero attached hydrogens (tertiary/aromatic N) is 1. The highest BCUT2D eigenvalue weighted by Crippen LogP contribution is 2.59. The molecule has 5 atom stereocenters. The van der Waals surface area contributed by atoms with E-state index in [1.54, 1.807) is 5.57 Å². The zero-order chi connectivity index (χ0) is 24.9. The summed E-state index contributed by atoms with van der Waals surface area (Å²) in [5, 5.41) is 9.91. The van der Waals surface area contributed by atoms with Gasteiger partial charge in [-0.05, 0) is 114 Å². The second-order valence-electron chi connectivity index (χ2n) is 12.1. The van der Waals surface area contributed by atoms with Gasteiger partial charge in [0.15, 0.2) is 0 Å². The maximum absolute atomic E-state index is 13.7. The first kappa shape index (κ1) is 27.6. The lowest BCUT2D eigenvalue weighted by atomic mass is 9.61. The molecule has 4 heteroatoms. The van der Waals surface area contributed by atoms with E-state index < -0.39 is 11.8 Å². The number of allylic oxidation sites excluding steroid dienone is 4. The third-order valence-corrected chi connectivity index (χ3v) is 9.34. The molecular weight excluding hydrogens is 428 g/mol. The lowest BCUT2D eigenvalue weighted by Crippen LogP contribution is -2.44. The van der Waals surface area contributed by atoms with Crippen molar-refractivity contribution in [1.82, 2.24) is 4.90 Å². The molecule has 0 bridgehead atoms. The topological polar surface area (TPSA) is 23.5 Å². The van der Waals surface area contributed by atoms with Crippen molar-refractivity contribution in [2.75, 3.05) is 19.6 Å².